The van der Waals surface area contributed by atoms with Gasteiger partial charge in [0.15, 0.2) is 0 Å². The Morgan fingerprint density at radius 1 is 0.416 bits per heavy atom. The van der Waals surface area contributed by atoms with Crippen LogP contribution in [0, 0.1) is 11.8 Å². The lowest BCUT2D eigenvalue weighted by Crippen LogP contribution is -2.61. The van der Waals surface area contributed by atoms with Gasteiger partial charge in [0.2, 0.25) is 106 Å². The second-order valence-corrected chi connectivity index (χ2v) is 35.4. The highest BCUT2D eigenvalue weighted by Crippen LogP contribution is 2.33. The van der Waals surface area contributed by atoms with Gasteiger partial charge in [-0.15, -0.1) is 0 Å². The quantitative estimate of drug-likeness (QED) is 0.0213. The van der Waals surface area contributed by atoms with Crippen LogP contribution in [-0.4, -0.2) is 310 Å². The Balaban J connectivity index is 1.48. The number of hydrogen-bond acceptors (Lipinski definition) is 27. The topological polar surface area (TPSA) is 842 Å². The van der Waals surface area contributed by atoms with Crippen molar-refractivity contribution in [1.82, 2.24) is 90.0 Å². The summed E-state index contributed by atoms with van der Waals surface area (Å²) in [5, 5.41) is 107. The molecule has 0 saturated carbocycles. The van der Waals surface area contributed by atoms with Crippen molar-refractivity contribution in [3.8, 4) is 5.75 Å². The molecule has 0 spiro atoms. The number of primary amides is 3. The van der Waals surface area contributed by atoms with E-state index in [1.165, 1.54) is 19.1 Å². The second kappa shape index (κ2) is 58.3. The van der Waals surface area contributed by atoms with Crippen LogP contribution in [0.25, 0.3) is 0 Å². The summed E-state index contributed by atoms with van der Waals surface area (Å²) in [4.78, 5) is 330. The molecule has 20 amide bonds. The molecule has 3 aliphatic rings. The van der Waals surface area contributed by atoms with E-state index in [1.807, 2.05) is 0 Å². The Bertz CT molecular complexity index is 4520. The monoisotopic (exact) mass is 1960 g/mol. The molecule has 0 aliphatic carbocycles. The molecule has 0 aromatic heterocycles. The number of phenols is 1. The highest BCUT2D eigenvalue weighted by Gasteiger charge is 2.45. The fraction of sp³-hybridized carbons (Fsp3) is 0.631. The summed E-state index contributed by atoms with van der Waals surface area (Å²) in [6.07, 6.45) is -7.78. The van der Waals surface area contributed by atoms with Crippen LogP contribution in [0.2, 0.25) is 0 Å². The first-order chi connectivity index (χ1) is 64.4. The molecule has 3 fully saturated rings. The van der Waals surface area contributed by atoms with E-state index in [1.54, 1.807) is 39.5 Å². The third kappa shape index (κ3) is 43.4. The zero-order valence-electron chi connectivity index (χ0n) is 76.3. The number of urea groups is 1. The van der Waals surface area contributed by atoms with Crippen LogP contribution in [0.5, 0.6) is 5.75 Å². The maximum atomic E-state index is 14.7. The summed E-state index contributed by atoms with van der Waals surface area (Å²) in [5.41, 5.74) is 16.2. The smallest absolute Gasteiger partial charge is 0.326 e. The molecule has 3 aliphatic heterocycles. The number of likely N-dealkylation sites (tertiary alicyclic amines) is 1. The van der Waals surface area contributed by atoms with Crippen molar-refractivity contribution in [2.24, 2.45) is 29.0 Å². The molecule has 52 nitrogen and oxygen atoms in total. The van der Waals surface area contributed by atoms with Crippen molar-refractivity contribution in [3.05, 3.63) is 29.8 Å². The van der Waals surface area contributed by atoms with E-state index in [9.17, 15) is 156 Å². The lowest BCUT2D eigenvalue weighted by Gasteiger charge is -2.29. The number of aliphatic carboxylic acids is 6. The first-order valence-corrected chi connectivity index (χ1v) is 45.6. The van der Waals surface area contributed by atoms with E-state index >= 15 is 0 Å². The Morgan fingerprint density at radius 3 is 1.31 bits per heavy atom. The minimum absolute atomic E-state index is 0.0609. The number of hydrogen-bond donors (Lipinski definition) is 26. The molecule has 0 radical (unpaired) electrons. The van der Waals surface area contributed by atoms with Crippen LogP contribution in [0.4, 0.5) is 4.79 Å². The van der Waals surface area contributed by atoms with Crippen molar-refractivity contribution < 1.29 is 156 Å². The van der Waals surface area contributed by atoms with Gasteiger partial charge in [0.25, 0.3) is 0 Å². The third-order valence-electron chi connectivity index (χ3n) is 21.7. The van der Waals surface area contributed by atoms with Crippen molar-refractivity contribution in [2.75, 3.05) is 25.4 Å². The molecule has 760 valence electrons. The summed E-state index contributed by atoms with van der Waals surface area (Å²) in [5.74, 6) is -29.9. The van der Waals surface area contributed by atoms with Crippen LogP contribution >= 0.6 is 11.8 Å². The maximum absolute atomic E-state index is 14.7. The second-order valence-electron chi connectivity index (χ2n) is 34.1. The first kappa shape index (κ1) is 115. The van der Waals surface area contributed by atoms with Gasteiger partial charge in [-0.2, -0.15) is 11.8 Å². The van der Waals surface area contributed by atoms with Gasteiger partial charge in [0, 0.05) is 75.5 Å². The number of aromatic hydroxyl groups is 1. The average molecular weight is 1960 g/mol. The number of rotatable bonds is 65. The highest BCUT2D eigenvalue weighted by atomic mass is 32.2. The predicted octanol–water partition coefficient (Wildman–Crippen LogP) is -6.59. The van der Waals surface area contributed by atoms with Crippen LogP contribution < -0.4 is 102 Å². The number of nitrogens with two attached hydrogens (primary N) is 3. The number of benzene rings is 1. The summed E-state index contributed by atoms with van der Waals surface area (Å²) < 4.78 is 0. The predicted molar refractivity (Wildman–Crippen MR) is 476 cm³/mol. The van der Waals surface area contributed by atoms with Gasteiger partial charge in [-0.05, 0) is 120 Å². The van der Waals surface area contributed by atoms with Crippen LogP contribution in [0.1, 0.15) is 201 Å². The lowest BCUT2D eigenvalue weighted by atomic mass is 10.0. The standard InChI is InChI=1S/C84H126N20O32S/c1-40(2)32-50(76(127)94-47(20-25-59(85)106)73(124)93-48(23-28-67(116)117)74(125)96-51(33-41(3)4)77(128)101-55(83(134)135)36-61(87)108)97-79(130)53(35-60(86)107)99-75(126)49(24-29-68(118)119)95-78(129)52(34-43-16-18-44(105)19-17-43)98-80(131)54(37-69(120)121)100-81(132)57-12-11-31-104(57)82(133)42(5)90-64(111)38-89-71(122)45(21-26-65(112)113)92-72(123)46(22-27-66(114)115)91-63(110)15-7-6-10-30-88-62(109)14-9-8-13-58-70-56(39-137-58)102-84(136)103-70/h16-19,40-42,45-58,70,105H,6-15,20-39H2,1-5H3,(H2,85,106)(H2,86,107)(H2,87,108)(H,88,109)(H,89,122)(H,90,111)(H,91,110)(H,92,123)(H,93,124)(H,94,127)(H,95,129)(H,96,125)(H,97,130)(H,98,131)(H,99,126)(H,100,132)(H,101,128)(H,112,113)(H,114,115)(H,116,117)(H,118,119)(H,120,121)(H,134,135)(H2,102,103,136)/t42-,45-,46-,47-,48-,49-,50-,51-,52-,53-,54-,55-,56-,57-,58-,70-/m0/s1. The van der Waals surface area contributed by atoms with Gasteiger partial charge >= 0.3 is 41.8 Å². The fourth-order valence-electron chi connectivity index (χ4n) is 14.7. The molecule has 3 saturated heterocycles. The van der Waals surface area contributed by atoms with E-state index in [0.29, 0.717) is 32.2 Å². The van der Waals surface area contributed by atoms with Crippen molar-refractivity contribution >= 4 is 160 Å². The molecule has 53 heteroatoms. The Labute approximate surface area is 789 Å². The fourth-order valence-corrected chi connectivity index (χ4v) is 16.3. The lowest BCUT2D eigenvalue weighted by molar-refractivity contribution is -0.144. The Kier molecular flexibility index (Phi) is 49.0. The number of thioether (sulfide) groups is 1. The zero-order chi connectivity index (χ0) is 103. The van der Waals surface area contributed by atoms with Crippen molar-refractivity contribution in [1.29, 1.82) is 0 Å². The maximum Gasteiger partial charge on any atom is 0.326 e. The number of fused-ring (bicyclic) bond motifs is 1. The van der Waals surface area contributed by atoms with Crippen molar-refractivity contribution in [3.63, 3.8) is 0 Å². The van der Waals surface area contributed by atoms with Gasteiger partial charge < -0.3 is 143 Å². The minimum Gasteiger partial charge on any atom is -0.508 e. The van der Waals surface area contributed by atoms with E-state index in [4.69, 9.17) is 17.2 Å². The van der Waals surface area contributed by atoms with E-state index in [-0.39, 0.29) is 85.7 Å². The minimum atomic E-state index is -2.13. The van der Waals surface area contributed by atoms with Gasteiger partial charge in [0.05, 0.1) is 37.9 Å². The molecule has 1 aromatic rings. The summed E-state index contributed by atoms with van der Waals surface area (Å²) >= 11 is 1.78. The third-order valence-corrected chi connectivity index (χ3v) is 23.2. The number of nitrogens with one attached hydrogen (secondary N) is 16. The largest absolute Gasteiger partial charge is 0.508 e. The number of carbonyl (C=O) groups is 25. The molecule has 0 bridgehead atoms. The number of carbonyl (C=O) groups excluding carboxylic acids is 19. The van der Waals surface area contributed by atoms with Crippen LogP contribution in [-0.2, 0) is 121 Å². The number of carboxylic acids is 6. The molecule has 1 aromatic carbocycles. The van der Waals surface area contributed by atoms with Gasteiger partial charge in [-0.1, -0.05) is 52.7 Å². The summed E-state index contributed by atoms with van der Waals surface area (Å²) in [7, 11) is 0. The zero-order valence-corrected chi connectivity index (χ0v) is 77.2. The first-order valence-electron chi connectivity index (χ1n) is 44.5. The highest BCUT2D eigenvalue weighted by molar-refractivity contribution is 8.00. The van der Waals surface area contributed by atoms with Gasteiger partial charge in [-0.25, -0.2) is 9.59 Å². The molecular weight excluding hydrogens is 1830 g/mol. The molecule has 4 rings (SSSR count). The Hall–Kier alpha value is -14.1. The molecule has 29 N–H and O–H groups in total. The Morgan fingerprint density at radius 2 is 0.832 bits per heavy atom. The number of unbranched alkanes of at least 4 members (excludes halogenated alkanes) is 3. The van der Waals surface area contributed by atoms with Crippen LogP contribution in [0.3, 0.4) is 0 Å². The number of phenolic OH excluding ortho intramolecular Hbond substituents is 1. The normalized spacial score (nSPS) is 17.3. The summed E-state index contributed by atoms with van der Waals surface area (Å²) in [6.45, 7) is 6.67. The number of amides is 20. The molecule has 0 unspecified atom stereocenters. The molecule has 137 heavy (non-hydrogen) atoms. The van der Waals surface area contributed by atoms with E-state index in [0.717, 1.165) is 35.6 Å². The van der Waals surface area contributed by atoms with Crippen LogP contribution in [0.15, 0.2) is 24.3 Å². The summed E-state index contributed by atoms with van der Waals surface area (Å²) in [6, 6.07) is -18.8. The van der Waals surface area contributed by atoms with E-state index in [2.05, 4.69) is 85.1 Å². The van der Waals surface area contributed by atoms with Gasteiger partial charge in [-0.3, -0.25) is 110 Å². The number of nitrogens with zero attached hydrogens (tertiary/aromatic N) is 1. The van der Waals surface area contributed by atoms with E-state index < -0.39 is 323 Å². The van der Waals surface area contributed by atoms with Gasteiger partial charge in [0.1, 0.15) is 84.3 Å². The van der Waals surface area contributed by atoms with Crippen molar-refractivity contribution in [2.45, 2.75) is 297 Å². The number of carboxylic acid groups (broad SMARTS) is 6. The SMILES string of the molecule is CC(C)C[C@H](NC(=O)[C@H](CCC(=O)O)NC(=O)[C@H](CCC(N)=O)NC(=O)[C@H](CC(C)C)NC(=O)[C@H](CC(N)=O)NC(=O)[C@H](CCC(=O)O)NC(=O)[C@H](Cc1ccc(O)cc1)NC(=O)[C@H](CC(=O)O)NC(=O)[C@@H]1CCCN1C(=O)[C@H](C)NC(=O)CNC(=O)[C@H](CCC(=O)O)NC(=O)[C@H](CCC(=O)O)NC(=O)CCCCCNC(=O)CCCC[C@@H]1SC[C@@H]2NC(=O)N[C@@H]21)C(=O)N[C@@H](CC(N)=O)C(=O)O. The molecular formula is C84H126N20O32S. The molecule has 16 atom stereocenters. The molecule has 3 heterocycles. The average Bonchev–Trinajstić information content (AvgIpc) is 1.67.